The fourth-order valence-electron chi connectivity index (χ4n) is 3.86. The molecule has 4 heteroatoms. The summed E-state index contributed by atoms with van der Waals surface area (Å²) in [6.07, 6.45) is 5.02. The van der Waals surface area contributed by atoms with Gasteiger partial charge in [-0.1, -0.05) is 36.8 Å². The summed E-state index contributed by atoms with van der Waals surface area (Å²) in [4.78, 5) is 23.2. The van der Waals surface area contributed by atoms with E-state index in [0.29, 0.717) is 24.7 Å². The molecule has 0 heterocycles. The minimum atomic E-state index is -0.782. The van der Waals surface area contributed by atoms with Gasteiger partial charge < -0.3 is 10.4 Å². The van der Waals surface area contributed by atoms with Gasteiger partial charge >= 0.3 is 5.97 Å². The third-order valence-electron chi connectivity index (χ3n) is 5.16. The maximum atomic E-state index is 12.1. The fourth-order valence-corrected chi connectivity index (χ4v) is 3.86. The number of carboxylic acids is 1. The predicted molar refractivity (Wildman–Crippen MR) is 83.4 cm³/mol. The highest BCUT2D eigenvalue weighted by atomic mass is 16.4. The van der Waals surface area contributed by atoms with Crippen LogP contribution in [0.4, 0.5) is 0 Å². The number of hydrogen-bond acceptors (Lipinski definition) is 2. The van der Waals surface area contributed by atoms with Crippen molar-refractivity contribution in [3.63, 3.8) is 0 Å². The Morgan fingerprint density at radius 2 is 1.86 bits per heavy atom. The zero-order valence-corrected chi connectivity index (χ0v) is 12.7. The van der Waals surface area contributed by atoms with E-state index in [-0.39, 0.29) is 11.9 Å². The lowest BCUT2D eigenvalue weighted by atomic mass is 9.70. The average Bonchev–Trinajstić information content (AvgIpc) is 2.91. The van der Waals surface area contributed by atoms with Crippen LogP contribution >= 0.6 is 0 Å². The van der Waals surface area contributed by atoms with Gasteiger partial charge in [0.1, 0.15) is 0 Å². The first-order valence-corrected chi connectivity index (χ1v) is 8.20. The smallest absolute Gasteiger partial charge is 0.308 e. The van der Waals surface area contributed by atoms with E-state index in [1.165, 1.54) is 5.56 Å². The molecule has 1 aromatic rings. The fraction of sp³-hybridized carbons (Fsp3) is 0.556. The van der Waals surface area contributed by atoms with Crippen molar-refractivity contribution in [1.29, 1.82) is 0 Å². The van der Waals surface area contributed by atoms with Crippen LogP contribution in [0.15, 0.2) is 30.3 Å². The topological polar surface area (TPSA) is 66.4 Å². The van der Waals surface area contributed by atoms with Crippen LogP contribution in [-0.4, -0.2) is 23.0 Å². The molecule has 0 aromatic heterocycles. The van der Waals surface area contributed by atoms with Gasteiger partial charge in [0.05, 0.1) is 5.92 Å². The van der Waals surface area contributed by atoms with E-state index >= 15 is 0 Å². The molecule has 1 aromatic carbocycles. The Labute approximate surface area is 130 Å². The molecule has 2 N–H and O–H groups in total. The Morgan fingerprint density at radius 3 is 2.55 bits per heavy atom. The van der Waals surface area contributed by atoms with Gasteiger partial charge in [0.2, 0.25) is 5.91 Å². The van der Waals surface area contributed by atoms with E-state index in [2.05, 4.69) is 29.6 Å². The second-order valence-electron chi connectivity index (χ2n) is 6.70. The van der Waals surface area contributed by atoms with Gasteiger partial charge in [-0.3, -0.25) is 9.59 Å². The van der Waals surface area contributed by atoms with E-state index in [9.17, 15) is 9.59 Å². The molecule has 2 fully saturated rings. The van der Waals surface area contributed by atoms with Gasteiger partial charge in [0.15, 0.2) is 0 Å². The zero-order valence-electron chi connectivity index (χ0n) is 12.7. The van der Waals surface area contributed by atoms with Crippen LogP contribution in [0.25, 0.3) is 0 Å². The van der Waals surface area contributed by atoms with Gasteiger partial charge in [-0.05, 0) is 43.1 Å². The highest BCUT2D eigenvalue weighted by Gasteiger charge is 2.36. The molecule has 0 aliphatic heterocycles. The molecule has 118 valence electrons. The van der Waals surface area contributed by atoms with Crippen molar-refractivity contribution in [3.05, 3.63) is 35.9 Å². The molecule has 0 saturated heterocycles. The minimum absolute atomic E-state index is 0.0228. The molecule has 22 heavy (non-hydrogen) atoms. The summed E-state index contributed by atoms with van der Waals surface area (Å²) < 4.78 is 0. The van der Waals surface area contributed by atoms with Crippen LogP contribution in [-0.2, 0) is 9.59 Å². The van der Waals surface area contributed by atoms with Gasteiger partial charge in [-0.25, -0.2) is 0 Å². The molecule has 0 radical (unpaired) electrons. The van der Waals surface area contributed by atoms with Crippen molar-refractivity contribution < 1.29 is 14.7 Å². The molecular formula is C18H23NO3. The molecule has 0 bridgehead atoms. The molecule has 2 aliphatic carbocycles. The largest absolute Gasteiger partial charge is 0.481 e. The second kappa shape index (κ2) is 6.51. The van der Waals surface area contributed by atoms with Crippen LogP contribution in [0.1, 0.15) is 50.0 Å². The second-order valence-corrected chi connectivity index (χ2v) is 6.70. The molecule has 1 amide bonds. The summed E-state index contributed by atoms with van der Waals surface area (Å²) in [5.41, 5.74) is 1.36. The SMILES string of the molecule is O=C(CC1CC(c2ccccc2)C1)N[C@H]1CCC[C@H]1C(=O)O. The third-order valence-corrected chi connectivity index (χ3v) is 5.16. The van der Waals surface area contributed by atoms with Crippen molar-refractivity contribution in [2.45, 2.75) is 50.5 Å². The van der Waals surface area contributed by atoms with Gasteiger partial charge in [0.25, 0.3) is 0 Å². The van der Waals surface area contributed by atoms with Crippen molar-refractivity contribution in [2.24, 2.45) is 11.8 Å². The Balaban J connectivity index is 1.43. The lowest BCUT2D eigenvalue weighted by molar-refractivity contribution is -0.142. The van der Waals surface area contributed by atoms with Gasteiger partial charge in [0, 0.05) is 12.5 Å². The van der Waals surface area contributed by atoms with Gasteiger partial charge in [-0.2, -0.15) is 0 Å². The Bertz CT molecular complexity index is 537. The van der Waals surface area contributed by atoms with Crippen molar-refractivity contribution in [1.82, 2.24) is 5.32 Å². The standard InChI is InChI=1S/C18H23NO3/c20-17(19-16-8-4-7-15(16)18(21)22)11-12-9-14(10-12)13-5-2-1-3-6-13/h1-3,5-6,12,14-16H,4,7-11H2,(H,19,20)(H,21,22)/t12?,14?,15-,16+/m1/s1. The summed E-state index contributed by atoms with van der Waals surface area (Å²) in [5.74, 6) is -0.139. The first-order valence-electron chi connectivity index (χ1n) is 8.20. The number of hydrogen-bond donors (Lipinski definition) is 2. The van der Waals surface area contributed by atoms with Crippen LogP contribution in [0, 0.1) is 11.8 Å². The summed E-state index contributed by atoms with van der Waals surface area (Å²) in [7, 11) is 0. The summed E-state index contributed by atoms with van der Waals surface area (Å²) in [6, 6.07) is 10.3. The Kier molecular flexibility index (Phi) is 4.46. The van der Waals surface area contributed by atoms with E-state index < -0.39 is 11.9 Å². The maximum absolute atomic E-state index is 12.1. The summed E-state index contributed by atoms with van der Waals surface area (Å²) >= 11 is 0. The molecular weight excluding hydrogens is 278 g/mol. The minimum Gasteiger partial charge on any atom is -0.481 e. The van der Waals surface area contributed by atoms with Crippen molar-refractivity contribution in [3.8, 4) is 0 Å². The molecule has 2 aliphatic rings. The van der Waals surface area contributed by atoms with Crippen LogP contribution in [0.5, 0.6) is 0 Å². The monoisotopic (exact) mass is 301 g/mol. The highest BCUT2D eigenvalue weighted by molar-refractivity contribution is 5.78. The van der Waals surface area contributed by atoms with E-state index in [1.807, 2.05) is 6.07 Å². The number of carbonyl (C=O) groups is 2. The number of carbonyl (C=O) groups excluding carboxylic acids is 1. The van der Waals surface area contributed by atoms with E-state index in [1.54, 1.807) is 0 Å². The van der Waals surface area contributed by atoms with E-state index in [4.69, 9.17) is 5.11 Å². The predicted octanol–water partition coefficient (Wildman–Crippen LogP) is 2.94. The number of aliphatic carboxylic acids is 1. The molecule has 2 atom stereocenters. The Morgan fingerprint density at radius 1 is 1.14 bits per heavy atom. The molecule has 0 spiro atoms. The third kappa shape index (κ3) is 3.32. The molecule has 4 nitrogen and oxygen atoms in total. The van der Waals surface area contributed by atoms with Crippen molar-refractivity contribution >= 4 is 11.9 Å². The number of benzene rings is 1. The number of nitrogens with one attached hydrogen (secondary N) is 1. The lowest BCUT2D eigenvalue weighted by Gasteiger charge is -2.35. The lowest BCUT2D eigenvalue weighted by Crippen LogP contribution is -2.41. The first kappa shape index (κ1) is 15.1. The van der Waals surface area contributed by atoms with Crippen LogP contribution < -0.4 is 5.32 Å². The van der Waals surface area contributed by atoms with E-state index in [0.717, 1.165) is 25.7 Å². The average molecular weight is 301 g/mol. The van der Waals surface area contributed by atoms with Crippen LogP contribution in [0.2, 0.25) is 0 Å². The van der Waals surface area contributed by atoms with Crippen LogP contribution in [0.3, 0.4) is 0 Å². The number of amides is 1. The first-order chi connectivity index (χ1) is 10.6. The Hall–Kier alpha value is -1.84. The molecule has 2 saturated carbocycles. The number of carboxylic acid groups (broad SMARTS) is 1. The van der Waals surface area contributed by atoms with Gasteiger partial charge in [-0.15, -0.1) is 0 Å². The van der Waals surface area contributed by atoms with Crippen molar-refractivity contribution in [2.75, 3.05) is 0 Å². The molecule has 3 rings (SSSR count). The highest BCUT2D eigenvalue weighted by Crippen LogP contribution is 2.43. The quantitative estimate of drug-likeness (QED) is 0.878. The zero-order chi connectivity index (χ0) is 15.5. The normalized spacial score (nSPS) is 30.5. The number of rotatable bonds is 5. The maximum Gasteiger partial charge on any atom is 0.308 e. The summed E-state index contributed by atoms with van der Waals surface area (Å²) in [5, 5.41) is 12.1. The summed E-state index contributed by atoms with van der Waals surface area (Å²) in [6.45, 7) is 0. The molecule has 0 unspecified atom stereocenters.